The first-order chi connectivity index (χ1) is 8.08. The molecule has 17 heavy (non-hydrogen) atoms. The monoisotopic (exact) mass is 230 g/mol. The Morgan fingerprint density at radius 2 is 2.24 bits per heavy atom. The summed E-state index contributed by atoms with van der Waals surface area (Å²) in [6.45, 7) is 1.97. The number of nitrogens with one attached hydrogen (secondary N) is 1. The van der Waals surface area contributed by atoms with Crippen LogP contribution in [-0.4, -0.2) is 15.7 Å². The van der Waals surface area contributed by atoms with Crippen LogP contribution in [0.3, 0.4) is 0 Å². The van der Waals surface area contributed by atoms with Gasteiger partial charge in [-0.25, -0.2) is 0 Å². The van der Waals surface area contributed by atoms with Crippen molar-refractivity contribution in [3.8, 4) is 0 Å². The Bertz CT molecular complexity index is 559. The summed E-state index contributed by atoms with van der Waals surface area (Å²) in [5.41, 5.74) is 7.94. The lowest BCUT2D eigenvalue weighted by Gasteiger charge is -2.05. The van der Waals surface area contributed by atoms with Crippen LogP contribution in [0.1, 0.15) is 15.9 Å². The van der Waals surface area contributed by atoms with E-state index in [1.165, 1.54) is 10.9 Å². The van der Waals surface area contributed by atoms with Crippen molar-refractivity contribution in [1.29, 1.82) is 0 Å². The number of hydrogen-bond donors (Lipinski definition) is 2. The number of aromatic nitrogens is 2. The molecule has 0 aliphatic carbocycles. The number of rotatable bonds is 2. The van der Waals surface area contributed by atoms with Crippen LogP contribution in [0.2, 0.25) is 0 Å². The highest BCUT2D eigenvalue weighted by Crippen LogP contribution is 2.14. The van der Waals surface area contributed by atoms with Gasteiger partial charge in [0, 0.05) is 12.7 Å². The van der Waals surface area contributed by atoms with Crippen LogP contribution >= 0.6 is 0 Å². The molecule has 0 bridgehead atoms. The molecule has 1 amide bonds. The Hall–Kier alpha value is -2.30. The van der Waals surface area contributed by atoms with Crippen LogP contribution in [0.4, 0.5) is 11.5 Å². The van der Waals surface area contributed by atoms with Crippen LogP contribution in [0.5, 0.6) is 0 Å². The second-order valence-corrected chi connectivity index (χ2v) is 3.89. The van der Waals surface area contributed by atoms with Crippen molar-refractivity contribution in [3.05, 3.63) is 41.6 Å². The minimum atomic E-state index is -0.249. The van der Waals surface area contributed by atoms with E-state index in [0.29, 0.717) is 11.4 Å². The van der Waals surface area contributed by atoms with Crippen molar-refractivity contribution in [3.63, 3.8) is 0 Å². The zero-order valence-corrected chi connectivity index (χ0v) is 9.77. The zero-order chi connectivity index (χ0) is 12.4. The maximum absolute atomic E-state index is 11.9. The van der Waals surface area contributed by atoms with Gasteiger partial charge < -0.3 is 11.1 Å². The summed E-state index contributed by atoms with van der Waals surface area (Å²) in [5.74, 6) is 0.108. The molecule has 0 aliphatic heterocycles. The second kappa shape index (κ2) is 4.29. The molecule has 0 unspecified atom stereocenters. The normalized spacial score (nSPS) is 10.2. The van der Waals surface area contributed by atoms with Gasteiger partial charge >= 0.3 is 0 Å². The molecule has 0 radical (unpaired) electrons. The molecule has 0 spiro atoms. The van der Waals surface area contributed by atoms with Crippen molar-refractivity contribution < 1.29 is 4.79 Å². The quantitative estimate of drug-likeness (QED) is 0.822. The number of nitrogens with zero attached hydrogens (tertiary/aromatic N) is 2. The van der Waals surface area contributed by atoms with E-state index in [9.17, 15) is 4.79 Å². The largest absolute Gasteiger partial charge is 0.383 e. The van der Waals surface area contributed by atoms with E-state index in [0.717, 1.165) is 11.3 Å². The van der Waals surface area contributed by atoms with Gasteiger partial charge in [0.2, 0.25) is 0 Å². The molecule has 2 aromatic rings. The lowest BCUT2D eigenvalue weighted by molar-refractivity contribution is 0.102. The maximum Gasteiger partial charge on any atom is 0.261 e. The second-order valence-electron chi connectivity index (χ2n) is 3.89. The third kappa shape index (κ3) is 2.28. The molecule has 1 aromatic heterocycles. The Morgan fingerprint density at radius 1 is 1.47 bits per heavy atom. The Morgan fingerprint density at radius 3 is 2.82 bits per heavy atom. The van der Waals surface area contributed by atoms with Gasteiger partial charge in [-0.3, -0.25) is 9.48 Å². The van der Waals surface area contributed by atoms with E-state index < -0.39 is 0 Å². The van der Waals surface area contributed by atoms with Gasteiger partial charge in [0.05, 0.1) is 6.20 Å². The van der Waals surface area contributed by atoms with Crippen LogP contribution in [0.15, 0.2) is 30.5 Å². The number of benzene rings is 1. The number of hydrogen-bond acceptors (Lipinski definition) is 3. The summed E-state index contributed by atoms with van der Waals surface area (Å²) in [6, 6.07) is 7.58. The molecule has 0 saturated carbocycles. The number of nitrogens with two attached hydrogens (primary N) is 1. The van der Waals surface area contributed by atoms with E-state index >= 15 is 0 Å². The first kappa shape index (κ1) is 11.2. The summed E-state index contributed by atoms with van der Waals surface area (Å²) in [5, 5.41) is 6.71. The van der Waals surface area contributed by atoms with Gasteiger partial charge in [-0.2, -0.15) is 5.10 Å². The van der Waals surface area contributed by atoms with E-state index in [2.05, 4.69) is 10.4 Å². The van der Waals surface area contributed by atoms with Crippen LogP contribution in [0, 0.1) is 6.92 Å². The SMILES string of the molecule is Cc1cccc(NC(=O)c2cnn(C)c2N)c1. The summed E-state index contributed by atoms with van der Waals surface area (Å²) < 4.78 is 1.46. The van der Waals surface area contributed by atoms with Crippen molar-refractivity contribution >= 4 is 17.4 Å². The van der Waals surface area contributed by atoms with Gasteiger partial charge in [-0.05, 0) is 24.6 Å². The van der Waals surface area contributed by atoms with Gasteiger partial charge in [-0.15, -0.1) is 0 Å². The molecule has 2 rings (SSSR count). The fraction of sp³-hybridized carbons (Fsp3) is 0.167. The number of nitrogen functional groups attached to an aromatic ring is 1. The fourth-order valence-corrected chi connectivity index (χ4v) is 1.54. The molecule has 0 saturated heterocycles. The fourth-order valence-electron chi connectivity index (χ4n) is 1.54. The molecule has 0 aliphatic rings. The number of aryl methyl sites for hydroxylation is 2. The smallest absolute Gasteiger partial charge is 0.261 e. The predicted octanol–water partition coefficient (Wildman–Crippen LogP) is 1.56. The molecule has 1 heterocycles. The lowest BCUT2D eigenvalue weighted by Crippen LogP contribution is -2.13. The molecular weight excluding hydrogens is 216 g/mol. The highest BCUT2D eigenvalue weighted by atomic mass is 16.1. The molecule has 0 atom stereocenters. The lowest BCUT2D eigenvalue weighted by atomic mass is 10.2. The molecule has 3 N–H and O–H groups in total. The van der Waals surface area contributed by atoms with Gasteiger partial charge in [-0.1, -0.05) is 12.1 Å². The highest BCUT2D eigenvalue weighted by molar-refractivity contribution is 6.07. The molecule has 5 heteroatoms. The van der Waals surface area contributed by atoms with E-state index in [1.807, 2.05) is 31.2 Å². The first-order valence-electron chi connectivity index (χ1n) is 5.23. The summed E-state index contributed by atoms with van der Waals surface area (Å²) in [4.78, 5) is 11.9. The minimum Gasteiger partial charge on any atom is -0.383 e. The number of amides is 1. The molecule has 1 aromatic carbocycles. The number of carbonyl (C=O) groups excluding carboxylic acids is 1. The standard InChI is InChI=1S/C12H14N4O/c1-8-4-3-5-9(6-8)15-12(17)10-7-14-16(2)11(10)13/h3-7H,13H2,1-2H3,(H,15,17). The number of anilines is 2. The maximum atomic E-state index is 11.9. The van der Waals surface area contributed by atoms with Gasteiger partial charge in [0.15, 0.2) is 0 Å². The predicted molar refractivity (Wildman–Crippen MR) is 66.8 cm³/mol. The third-order valence-corrected chi connectivity index (χ3v) is 2.51. The first-order valence-corrected chi connectivity index (χ1v) is 5.23. The van der Waals surface area contributed by atoms with Crippen LogP contribution in [0.25, 0.3) is 0 Å². The minimum absolute atomic E-state index is 0.249. The molecule has 0 fully saturated rings. The Kier molecular flexibility index (Phi) is 2.82. The van der Waals surface area contributed by atoms with Crippen molar-refractivity contribution in [2.24, 2.45) is 7.05 Å². The summed E-state index contributed by atoms with van der Waals surface area (Å²) in [6.07, 6.45) is 1.46. The van der Waals surface area contributed by atoms with E-state index in [-0.39, 0.29) is 5.91 Å². The molecular formula is C12H14N4O. The summed E-state index contributed by atoms with van der Waals surface area (Å²) in [7, 11) is 1.69. The molecule has 88 valence electrons. The van der Waals surface area contributed by atoms with Crippen molar-refractivity contribution in [2.75, 3.05) is 11.1 Å². The number of carbonyl (C=O) groups is 1. The average molecular weight is 230 g/mol. The summed E-state index contributed by atoms with van der Waals surface area (Å²) >= 11 is 0. The van der Waals surface area contributed by atoms with Crippen LogP contribution < -0.4 is 11.1 Å². The Labute approximate surface area is 99.2 Å². The third-order valence-electron chi connectivity index (χ3n) is 2.51. The van der Waals surface area contributed by atoms with Crippen molar-refractivity contribution in [2.45, 2.75) is 6.92 Å². The zero-order valence-electron chi connectivity index (χ0n) is 9.77. The average Bonchev–Trinajstić information content (AvgIpc) is 2.60. The van der Waals surface area contributed by atoms with Gasteiger partial charge in [0.1, 0.15) is 11.4 Å². The van der Waals surface area contributed by atoms with Gasteiger partial charge in [0.25, 0.3) is 5.91 Å². The molecule has 5 nitrogen and oxygen atoms in total. The topological polar surface area (TPSA) is 72.9 Å². The van der Waals surface area contributed by atoms with E-state index in [4.69, 9.17) is 5.73 Å². The van der Waals surface area contributed by atoms with Crippen molar-refractivity contribution in [1.82, 2.24) is 9.78 Å². The highest BCUT2D eigenvalue weighted by Gasteiger charge is 2.13. The Balaban J connectivity index is 2.20. The van der Waals surface area contributed by atoms with Crippen LogP contribution in [-0.2, 0) is 7.05 Å². The van der Waals surface area contributed by atoms with E-state index in [1.54, 1.807) is 7.05 Å².